The van der Waals surface area contributed by atoms with Crippen LogP contribution in [0.25, 0.3) is 6.08 Å². The van der Waals surface area contributed by atoms with Gasteiger partial charge in [0.1, 0.15) is 5.82 Å². The number of rotatable bonds is 5. The van der Waals surface area contributed by atoms with E-state index in [1.165, 1.54) is 0 Å². The molecule has 1 atom stereocenters. The summed E-state index contributed by atoms with van der Waals surface area (Å²) < 4.78 is 0. The van der Waals surface area contributed by atoms with Gasteiger partial charge in [0.05, 0.1) is 5.69 Å². The van der Waals surface area contributed by atoms with Gasteiger partial charge < -0.3 is 10.2 Å². The molecule has 146 valence electrons. The molecule has 1 aromatic carbocycles. The number of likely N-dealkylation sites (tertiary alicyclic amines) is 1. The molecule has 1 amide bonds. The molecule has 0 spiro atoms. The average Bonchev–Trinajstić information content (AvgIpc) is 2.79. The highest BCUT2D eigenvalue weighted by molar-refractivity contribution is 5.91. The average molecular weight is 385 g/mol. The zero-order chi connectivity index (χ0) is 19.9. The number of carbonyl (C=O) groups is 1. The Kier molecular flexibility index (Phi) is 5.90. The van der Waals surface area contributed by atoms with Gasteiger partial charge in [0.15, 0.2) is 5.82 Å². The van der Waals surface area contributed by atoms with Crippen LogP contribution in [0.1, 0.15) is 30.0 Å². The Balaban J connectivity index is 1.47. The molecule has 0 unspecified atom stereocenters. The topological polar surface area (TPSA) is 71.0 Å². The molecular formula is C23H23N5O. The number of hydrogen-bond acceptors (Lipinski definition) is 5. The van der Waals surface area contributed by atoms with Gasteiger partial charge in [-0.15, -0.1) is 0 Å². The quantitative estimate of drug-likeness (QED) is 0.671. The minimum atomic E-state index is 0.0293. The molecule has 2 aromatic heterocycles. The smallest absolute Gasteiger partial charge is 0.246 e. The van der Waals surface area contributed by atoms with Gasteiger partial charge in [0, 0.05) is 43.7 Å². The third-order valence-electron chi connectivity index (χ3n) is 4.98. The summed E-state index contributed by atoms with van der Waals surface area (Å²) in [7, 11) is 0. The van der Waals surface area contributed by atoms with Gasteiger partial charge >= 0.3 is 0 Å². The lowest BCUT2D eigenvalue weighted by Gasteiger charge is -2.32. The van der Waals surface area contributed by atoms with Gasteiger partial charge in [0.25, 0.3) is 0 Å². The van der Waals surface area contributed by atoms with Crippen molar-refractivity contribution in [2.75, 3.05) is 18.4 Å². The Morgan fingerprint density at radius 3 is 2.66 bits per heavy atom. The van der Waals surface area contributed by atoms with Gasteiger partial charge in [-0.1, -0.05) is 36.4 Å². The van der Waals surface area contributed by atoms with Gasteiger partial charge in [-0.05, 0) is 36.6 Å². The molecule has 0 aliphatic carbocycles. The SMILES string of the molecule is O=C(/C=C/c1ccccc1)N1CCC[C@@H](c2nccnc2Nc2ccccn2)C1. The lowest BCUT2D eigenvalue weighted by atomic mass is 9.94. The predicted molar refractivity (Wildman–Crippen MR) is 114 cm³/mol. The molecule has 1 fully saturated rings. The van der Waals surface area contributed by atoms with Crippen molar-refractivity contribution in [1.82, 2.24) is 19.9 Å². The first-order valence-corrected chi connectivity index (χ1v) is 9.80. The second-order valence-electron chi connectivity index (χ2n) is 7.00. The summed E-state index contributed by atoms with van der Waals surface area (Å²) in [4.78, 5) is 27.9. The van der Waals surface area contributed by atoms with Crippen molar-refractivity contribution in [2.24, 2.45) is 0 Å². The van der Waals surface area contributed by atoms with Crippen molar-refractivity contribution in [3.8, 4) is 0 Å². The first-order valence-electron chi connectivity index (χ1n) is 9.80. The number of nitrogens with one attached hydrogen (secondary N) is 1. The lowest BCUT2D eigenvalue weighted by molar-refractivity contribution is -0.127. The van der Waals surface area contributed by atoms with Crippen LogP contribution in [0.3, 0.4) is 0 Å². The Morgan fingerprint density at radius 1 is 1.00 bits per heavy atom. The van der Waals surface area contributed by atoms with Crippen molar-refractivity contribution in [3.05, 3.63) is 84.5 Å². The number of anilines is 2. The maximum Gasteiger partial charge on any atom is 0.246 e. The summed E-state index contributed by atoms with van der Waals surface area (Å²) in [6, 6.07) is 15.5. The number of amides is 1. The van der Waals surface area contributed by atoms with Crippen LogP contribution in [0.5, 0.6) is 0 Å². The first-order chi connectivity index (χ1) is 14.3. The highest BCUT2D eigenvalue weighted by atomic mass is 16.2. The van der Waals surface area contributed by atoms with Gasteiger partial charge in [-0.2, -0.15) is 0 Å². The van der Waals surface area contributed by atoms with E-state index in [9.17, 15) is 4.79 Å². The van der Waals surface area contributed by atoms with Crippen LogP contribution in [0.4, 0.5) is 11.6 Å². The van der Waals surface area contributed by atoms with E-state index in [2.05, 4.69) is 20.3 Å². The molecule has 3 heterocycles. The van der Waals surface area contributed by atoms with Crippen LogP contribution in [-0.2, 0) is 4.79 Å². The number of piperidine rings is 1. The Morgan fingerprint density at radius 2 is 1.83 bits per heavy atom. The van der Waals surface area contributed by atoms with Crippen molar-refractivity contribution >= 4 is 23.6 Å². The van der Waals surface area contributed by atoms with Crippen molar-refractivity contribution < 1.29 is 4.79 Å². The summed E-state index contributed by atoms with van der Waals surface area (Å²) >= 11 is 0. The van der Waals surface area contributed by atoms with Crippen LogP contribution in [0.15, 0.2) is 73.2 Å². The number of benzene rings is 1. The molecule has 6 heteroatoms. The van der Waals surface area contributed by atoms with E-state index in [0.29, 0.717) is 12.4 Å². The fourth-order valence-corrected chi connectivity index (χ4v) is 3.54. The Bertz CT molecular complexity index is 975. The summed E-state index contributed by atoms with van der Waals surface area (Å²) in [5.41, 5.74) is 1.90. The van der Waals surface area contributed by atoms with E-state index in [1.54, 1.807) is 24.7 Å². The summed E-state index contributed by atoms with van der Waals surface area (Å²) in [6.07, 6.45) is 10.5. The Labute approximate surface area is 170 Å². The number of carbonyl (C=O) groups excluding carboxylic acids is 1. The molecule has 1 aliphatic rings. The van der Waals surface area contributed by atoms with Gasteiger partial charge in [-0.3, -0.25) is 9.78 Å². The molecular weight excluding hydrogens is 362 g/mol. The predicted octanol–water partition coefficient (Wildman–Crippen LogP) is 4.03. The molecule has 0 saturated carbocycles. The maximum atomic E-state index is 12.7. The lowest BCUT2D eigenvalue weighted by Crippen LogP contribution is -2.38. The largest absolute Gasteiger partial charge is 0.338 e. The molecule has 6 nitrogen and oxygen atoms in total. The number of nitrogens with zero attached hydrogens (tertiary/aromatic N) is 4. The zero-order valence-corrected chi connectivity index (χ0v) is 16.1. The molecule has 0 bridgehead atoms. The fraction of sp³-hybridized carbons (Fsp3) is 0.217. The highest BCUT2D eigenvalue weighted by Gasteiger charge is 2.27. The van der Waals surface area contributed by atoms with Crippen molar-refractivity contribution in [1.29, 1.82) is 0 Å². The minimum Gasteiger partial charge on any atom is -0.338 e. The van der Waals surface area contributed by atoms with Crippen molar-refractivity contribution in [3.63, 3.8) is 0 Å². The van der Waals surface area contributed by atoms with Gasteiger partial charge in [-0.25, -0.2) is 9.97 Å². The molecule has 0 radical (unpaired) electrons. The first kappa shape index (κ1) is 18.8. The summed E-state index contributed by atoms with van der Waals surface area (Å²) in [6.45, 7) is 1.39. The number of hydrogen-bond donors (Lipinski definition) is 1. The van der Waals surface area contributed by atoms with Crippen molar-refractivity contribution in [2.45, 2.75) is 18.8 Å². The minimum absolute atomic E-state index is 0.0293. The van der Waals surface area contributed by atoms with Crippen LogP contribution in [0.2, 0.25) is 0 Å². The summed E-state index contributed by atoms with van der Waals surface area (Å²) in [5.74, 6) is 1.59. The molecule has 1 saturated heterocycles. The molecule has 4 rings (SSSR count). The third-order valence-corrected chi connectivity index (χ3v) is 4.98. The van der Waals surface area contributed by atoms with E-state index in [1.807, 2.05) is 59.5 Å². The van der Waals surface area contributed by atoms with Crippen LogP contribution in [0, 0.1) is 0 Å². The molecule has 1 N–H and O–H groups in total. The molecule has 29 heavy (non-hydrogen) atoms. The van der Waals surface area contributed by atoms with E-state index in [-0.39, 0.29) is 11.8 Å². The van der Waals surface area contributed by atoms with E-state index >= 15 is 0 Å². The van der Waals surface area contributed by atoms with E-state index in [0.717, 1.165) is 36.5 Å². The maximum absolute atomic E-state index is 12.7. The number of aromatic nitrogens is 3. The van der Waals surface area contributed by atoms with Crippen LogP contribution >= 0.6 is 0 Å². The molecule has 3 aromatic rings. The number of pyridine rings is 1. The zero-order valence-electron chi connectivity index (χ0n) is 16.1. The Hall–Kier alpha value is -3.54. The monoisotopic (exact) mass is 385 g/mol. The third kappa shape index (κ3) is 4.85. The van der Waals surface area contributed by atoms with Gasteiger partial charge in [0.2, 0.25) is 5.91 Å². The normalized spacial score (nSPS) is 16.7. The second-order valence-corrected chi connectivity index (χ2v) is 7.00. The highest BCUT2D eigenvalue weighted by Crippen LogP contribution is 2.30. The standard InChI is InChI=1S/C23H23N5O/c29-21(12-11-18-7-2-1-3-8-18)28-16-6-9-19(17-28)22-23(26-15-14-25-22)27-20-10-4-5-13-24-20/h1-5,7-8,10-15,19H,6,9,16-17H2,(H,24,26,27)/b12-11+/t19-/m1/s1. The summed E-state index contributed by atoms with van der Waals surface area (Å²) in [5, 5.41) is 3.26. The second kappa shape index (κ2) is 9.10. The van der Waals surface area contributed by atoms with E-state index in [4.69, 9.17) is 0 Å². The van der Waals surface area contributed by atoms with E-state index < -0.39 is 0 Å². The molecule has 1 aliphatic heterocycles. The van der Waals surface area contributed by atoms with Crippen LogP contribution < -0.4 is 5.32 Å². The van der Waals surface area contributed by atoms with Crippen LogP contribution in [-0.4, -0.2) is 38.8 Å². The fourth-order valence-electron chi connectivity index (χ4n) is 3.54.